The van der Waals surface area contributed by atoms with Crippen molar-refractivity contribution in [1.29, 1.82) is 0 Å². The topological polar surface area (TPSA) is 63.8 Å². The Balaban J connectivity index is 1.89. The summed E-state index contributed by atoms with van der Waals surface area (Å²) < 4.78 is 10.5. The van der Waals surface area contributed by atoms with Crippen molar-refractivity contribution in [2.24, 2.45) is 5.10 Å². The van der Waals surface area contributed by atoms with Crippen molar-refractivity contribution in [2.45, 2.75) is 6.92 Å². The molecule has 0 saturated carbocycles. The van der Waals surface area contributed by atoms with Crippen LogP contribution in [0.2, 0.25) is 0 Å². The number of ether oxygens (including phenoxy) is 1. The number of benzene rings is 2. The largest absolute Gasteiger partial charge is 0.496 e. The first-order chi connectivity index (χ1) is 11.2. The molecule has 0 aliphatic heterocycles. The molecule has 0 spiro atoms. The normalized spacial score (nSPS) is 11.0. The van der Waals surface area contributed by atoms with E-state index in [9.17, 15) is 4.79 Å². The molecule has 3 aromatic rings. The van der Waals surface area contributed by atoms with Gasteiger partial charge in [-0.3, -0.25) is 4.79 Å². The zero-order valence-electron chi connectivity index (χ0n) is 12.9. The van der Waals surface area contributed by atoms with Crippen LogP contribution in [0.15, 0.2) is 58.2 Å². The zero-order chi connectivity index (χ0) is 16.2. The fraction of sp³-hybridized carbons (Fsp3) is 0.111. The molecule has 0 radical (unpaired) electrons. The minimum absolute atomic E-state index is 0.313. The molecule has 1 heterocycles. The second-order valence-corrected chi connectivity index (χ2v) is 4.99. The maximum Gasteiger partial charge on any atom is 0.274 e. The third-order valence-corrected chi connectivity index (χ3v) is 3.61. The Kier molecular flexibility index (Phi) is 4.10. The summed E-state index contributed by atoms with van der Waals surface area (Å²) in [4.78, 5) is 12.0. The summed E-state index contributed by atoms with van der Waals surface area (Å²) in [7, 11) is 1.61. The lowest BCUT2D eigenvalue weighted by Crippen LogP contribution is -2.17. The molecule has 116 valence electrons. The number of methoxy groups -OCH3 is 1. The van der Waals surface area contributed by atoms with Crippen LogP contribution in [0.5, 0.6) is 5.75 Å². The summed E-state index contributed by atoms with van der Waals surface area (Å²) in [6.45, 7) is 1.73. The second kappa shape index (κ2) is 6.36. The molecule has 2 aromatic carbocycles. The highest BCUT2D eigenvalue weighted by Crippen LogP contribution is 2.26. The molecule has 0 saturated heterocycles. The number of rotatable bonds is 4. The van der Waals surface area contributed by atoms with E-state index in [1.54, 1.807) is 26.3 Å². The molecule has 0 aliphatic carbocycles. The summed E-state index contributed by atoms with van der Waals surface area (Å²) in [5, 5.41) is 6.13. The monoisotopic (exact) mass is 308 g/mol. The van der Waals surface area contributed by atoms with Crippen molar-refractivity contribution in [1.82, 2.24) is 5.43 Å². The average molecular weight is 308 g/mol. The SMILES string of the molecule is COc1ccc2ccccc2c1/C=N\NC(=O)c1ccoc1C. The van der Waals surface area contributed by atoms with Gasteiger partial charge in [0.15, 0.2) is 0 Å². The zero-order valence-corrected chi connectivity index (χ0v) is 12.9. The molecule has 0 unspecified atom stereocenters. The van der Waals surface area contributed by atoms with E-state index in [-0.39, 0.29) is 5.91 Å². The third-order valence-electron chi connectivity index (χ3n) is 3.61. The van der Waals surface area contributed by atoms with Gasteiger partial charge in [0.1, 0.15) is 11.5 Å². The molecular formula is C18H16N2O3. The Bertz CT molecular complexity index is 881. The minimum atomic E-state index is -0.313. The summed E-state index contributed by atoms with van der Waals surface area (Å²) in [5.74, 6) is 0.938. The van der Waals surface area contributed by atoms with Crippen molar-refractivity contribution >= 4 is 22.9 Å². The highest BCUT2D eigenvalue weighted by Gasteiger charge is 2.10. The van der Waals surface area contributed by atoms with Crippen LogP contribution in [-0.4, -0.2) is 19.2 Å². The van der Waals surface area contributed by atoms with E-state index in [0.29, 0.717) is 17.1 Å². The molecule has 23 heavy (non-hydrogen) atoms. The minimum Gasteiger partial charge on any atom is -0.496 e. The number of amides is 1. The molecule has 1 aromatic heterocycles. The number of nitrogens with zero attached hydrogens (tertiary/aromatic N) is 1. The third kappa shape index (κ3) is 2.94. The number of hydrogen-bond acceptors (Lipinski definition) is 4. The Labute approximate surface area is 133 Å². The van der Waals surface area contributed by atoms with Crippen LogP contribution in [0.25, 0.3) is 10.8 Å². The molecule has 0 fully saturated rings. The Hall–Kier alpha value is -3.08. The van der Waals surface area contributed by atoms with Crippen molar-refractivity contribution in [3.05, 3.63) is 65.6 Å². The van der Waals surface area contributed by atoms with Crippen LogP contribution in [0.3, 0.4) is 0 Å². The van der Waals surface area contributed by atoms with Crippen molar-refractivity contribution in [3.63, 3.8) is 0 Å². The number of carbonyl (C=O) groups is 1. The van der Waals surface area contributed by atoms with Crippen LogP contribution in [0, 0.1) is 6.92 Å². The second-order valence-electron chi connectivity index (χ2n) is 4.99. The van der Waals surface area contributed by atoms with Crippen molar-refractivity contribution < 1.29 is 13.9 Å². The molecule has 5 nitrogen and oxygen atoms in total. The Morgan fingerprint density at radius 1 is 1.22 bits per heavy atom. The van der Waals surface area contributed by atoms with Gasteiger partial charge in [0.25, 0.3) is 5.91 Å². The predicted octanol–water partition coefficient (Wildman–Crippen LogP) is 3.51. The fourth-order valence-corrected chi connectivity index (χ4v) is 2.42. The van der Waals surface area contributed by atoms with E-state index in [2.05, 4.69) is 10.5 Å². The quantitative estimate of drug-likeness (QED) is 0.592. The number of nitrogens with one attached hydrogen (secondary N) is 1. The molecule has 5 heteroatoms. The van der Waals surface area contributed by atoms with Crippen molar-refractivity contribution in [3.8, 4) is 5.75 Å². The number of hydrazone groups is 1. The first-order valence-electron chi connectivity index (χ1n) is 7.14. The van der Waals surface area contributed by atoms with Gasteiger partial charge in [-0.1, -0.05) is 30.3 Å². The highest BCUT2D eigenvalue weighted by atomic mass is 16.5. The molecular weight excluding hydrogens is 292 g/mol. The van der Waals surface area contributed by atoms with Gasteiger partial charge in [-0.2, -0.15) is 5.10 Å². The van der Waals surface area contributed by atoms with E-state index < -0.39 is 0 Å². The first kappa shape index (κ1) is 14.8. The Morgan fingerprint density at radius 3 is 2.78 bits per heavy atom. The van der Waals surface area contributed by atoms with Gasteiger partial charge in [-0.25, -0.2) is 5.43 Å². The molecule has 0 atom stereocenters. The van der Waals surface area contributed by atoms with Gasteiger partial charge in [-0.15, -0.1) is 0 Å². The van der Waals surface area contributed by atoms with Crippen LogP contribution in [-0.2, 0) is 0 Å². The van der Waals surface area contributed by atoms with E-state index >= 15 is 0 Å². The average Bonchev–Trinajstić information content (AvgIpc) is 3.01. The lowest BCUT2D eigenvalue weighted by Gasteiger charge is -2.08. The number of carbonyl (C=O) groups excluding carboxylic acids is 1. The highest BCUT2D eigenvalue weighted by molar-refractivity contribution is 6.03. The maximum absolute atomic E-state index is 12.0. The van der Waals surface area contributed by atoms with E-state index in [0.717, 1.165) is 16.3 Å². The van der Waals surface area contributed by atoms with E-state index in [4.69, 9.17) is 9.15 Å². The van der Waals surface area contributed by atoms with Crippen LogP contribution in [0.1, 0.15) is 21.7 Å². The van der Waals surface area contributed by atoms with Crippen molar-refractivity contribution in [2.75, 3.05) is 7.11 Å². The molecule has 0 bridgehead atoms. The van der Waals surface area contributed by atoms with E-state index in [1.165, 1.54) is 6.26 Å². The lowest BCUT2D eigenvalue weighted by atomic mass is 10.0. The smallest absolute Gasteiger partial charge is 0.274 e. The van der Waals surface area contributed by atoms with Gasteiger partial charge in [0, 0.05) is 5.56 Å². The van der Waals surface area contributed by atoms with Gasteiger partial charge in [-0.05, 0) is 29.8 Å². The van der Waals surface area contributed by atoms with Crippen LogP contribution >= 0.6 is 0 Å². The summed E-state index contributed by atoms with van der Waals surface area (Å²) >= 11 is 0. The van der Waals surface area contributed by atoms with Crippen LogP contribution < -0.4 is 10.2 Å². The number of aryl methyl sites for hydroxylation is 1. The van der Waals surface area contributed by atoms with Crippen LogP contribution in [0.4, 0.5) is 0 Å². The van der Waals surface area contributed by atoms with Gasteiger partial charge >= 0.3 is 0 Å². The van der Waals surface area contributed by atoms with Gasteiger partial charge < -0.3 is 9.15 Å². The summed E-state index contributed by atoms with van der Waals surface area (Å²) in [5.41, 5.74) is 3.78. The fourth-order valence-electron chi connectivity index (χ4n) is 2.42. The molecule has 1 amide bonds. The standard InChI is InChI=1S/C18H16N2O3/c1-12-14(9-10-23-12)18(21)20-19-11-16-15-6-4-3-5-13(15)7-8-17(16)22-2/h3-11H,1-2H3,(H,20,21)/b19-11-. The Morgan fingerprint density at radius 2 is 2.04 bits per heavy atom. The molecule has 3 rings (SSSR count). The number of fused-ring (bicyclic) bond motifs is 1. The first-order valence-corrected chi connectivity index (χ1v) is 7.14. The van der Waals surface area contributed by atoms with E-state index in [1.807, 2.05) is 36.4 Å². The molecule has 0 aliphatic rings. The maximum atomic E-state index is 12.0. The lowest BCUT2D eigenvalue weighted by molar-refractivity contribution is 0.0953. The predicted molar refractivity (Wildman–Crippen MR) is 89.0 cm³/mol. The summed E-state index contributed by atoms with van der Waals surface area (Å²) in [6, 6.07) is 13.4. The molecule has 1 N–H and O–H groups in total. The number of furan rings is 1. The summed E-state index contributed by atoms with van der Waals surface area (Å²) in [6.07, 6.45) is 3.07. The van der Waals surface area contributed by atoms with Gasteiger partial charge in [0.2, 0.25) is 0 Å². The number of hydrogen-bond donors (Lipinski definition) is 1. The van der Waals surface area contributed by atoms with Gasteiger partial charge in [0.05, 0.1) is 25.2 Å².